The number of benzene rings is 1. The van der Waals surface area contributed by atoms with Gasteiger partial charge in [-0.1, -0.05) is 11.3 Å². The van der Waals surface area contributed by atoms with Crippen LogP contribution in [0.1, 0.15) is 6.42 Å². The number of nitrogens with one attached hydrogen (secondary N) is 2. The molecule has 0 saturated carbocycles. The number of rotatable bonds is 3. The number of ether oxygens (including phenoxy) is 1. The van der Waals surface area contributed by atoms with Gasteiger partial charge in [0, 0.05) is 12.6 Å². The number of carbonyl (C=O) groups is 1. The van der Waals surface area contributed by atoms with Crippen molar-refractivity contribution in [3.05, 3.63) is 18.2 Å². The number of amides is 1. The molecule has 2 heterocycles. The van der Waals surface area contributed by atoms with Gasteiger partial charge in [-0.05, 0) is 25.1 Å². The number of hydrogen-bond acceptors (Lipinski definition) is 5. The molecule has 1 aromatic carbocycles. The maximum Gasteiger partial charge on any atom is 0.573 e. The Balaban J connectivity index is 0.00000192. The minimum atomic E-state index is -4.73. The molecule has 1 aliphatic rings. The maximum absolute atomic E-state index is 12.2. The van der Waals surface area contributed by atoms with Crippen LogP contribution in [0.25, 0.3) is 10.2 Å². The molecular formula is C13H13ClF3N3O2S. The zero-order valence-corrected chi connectivity index (χ0v) is 13.3. The molecule has 1 atom stereocenters. The standard InChI is InChI=1S/C13H12F3N3O2S.ClH/c14-13(15,16)21-8-1-2-9-10(5-8)22-12(18-9)19-11(20)7-3-4-17-6-7;/h1-2,5,7,17H,3-4,6H2,(H,18,19,20);1H. The highest BCUT2D eigenvalue weighted by Crippen LogP contribution is 2.31. The molecular weight excluding hydrogens is 355 g/mol. The Morgan fingerprint density at radius 2 is 2.22 bits per heavy atom. The molecule has 1 unspecified atom stereocenters. The summed E-state index contributed by atoms with van der Waals surface area (Å²) in [7, 11) is 0. The van der Waals surface area contributed by atoms with Gasteiger partial charge in [0.2, 0.25) is 5.91 Å². The Kier molecular flexibility index (Phi) is 5.33. The Labute approximate surface area is 139 Å². The molecule has 23 heavy (non-hydrogen) atoms. The molecule has 126 valence electrons. The highest BCUT2D eigenvalue weighted by atomic mass is 35.5. The second-order valence-corrected chi connectivity index (χ2v) is 5.91. The minimum Gasteiger partial charge on any atom is -0.406 e. The zero-order chi connectivity index (χ0) is 15.7. The van der Waals surface area contributed by atoms with Crippen molar-refractivity contribution in [3.8, 4) is 5.75 Å². The van der Waals surface area contributed by atoms with Gasteiger partial charge in [-0.2, -0.15) is 0 Å². The van der Waals surface area contributed by atoms with Crippen molar-refractivity contribution in [3.63, 3.8) is 0 Å². The summed E-state index contributed by atoms with van der Waals surface area (Å²) in [6, 6.07) is 3.88. The predicted molar refractivity (Wildman–Crippen MR) is 83.2 cm³/mol. The fourth-order valence-electron chi connectivity index (χ4n) is 2.24. The number of nitrogens with zero attached hydrogens (tertiary/aromatic N) is 1. The van der Waals surface area contributed by atoms with Gasteiger partial charge in [0.1, 0.15) is 5.75 Å². The third-order valence-electron chi connectivity index (χ3n) is 3.25. The number of thiazole rings is 1. The second kappa shape index (κ2) is 6.90. The summed E-state index contributed by atoms with van der Waals surface area (Å²) in [4.78, 5) is 16.2. The summed E-state index contributed by atoms with van der Waals surface area (Å²) in [5, 5.41) is 6.17. The van der Waals surface area contributed by atoms with Crippen LogP contribution in [0.2, 0.25) is 0 Å². The van der Waals surface area contributed by atoms with E-state index in [2.05, 4.69) is 20.4 Å². The quantitative estimate of drug-likeness (QED) is 0.874. The van der Waals surface area contributed by atoms with Crippen LogP contribution in [0.5, 0.6) is 5.75 Å². The van der Waals surface area contributed by atoms with E-state index in [0.717, 1.165) is 24.3 Å². The lowest BCUT2D eigenvalue weighted by Crippen LogP contribution is -2.24. The van der Waals surface area contributed by atoms with Crippen LogP contribution in [0.4, 0.5) is 18.3 Å². The van der Waals surface area contributed by atoms with Gasteiger partial charge >= 0.3 is 6.36 Å². The van der Waals surface area contributed by atoms with E-state index in [-0.39, 0.29) is 30.0 Å². The first-order chi connectivity index (χ1) is 10.4. The number of aromatic nitrogens is 1. The lowest BCUT2D eigenvalue weighted by Gasteiger charge is -2.07. The Hall–Kier alpha value is -1.58. The molecule has 1 aliphatic heterocycles. The van der Waals surface area contributed by atoms with Crippen molar-refractivity contribution in [1.82, 2.24) is 10.3 Å². The molecule has 2 N–H and O–H groups in total. The minimum absolute atomic E-state index is 0. The van der Waals surface area contributed by atoms with Crippen molar-refractivity contribution in [2.24, 2.45) is 5.92 Å². The summed E-state index contributed by atoms with van der Waals surface area (Å²) in [5.41, 5.74) is 0.513. The number of carbonyl (C=O) groups excluding carboxylic acids is 1. The lowest BCUT2D eigenvalue weighted by atomic mass is 10.1. The average Bonchev–Trinajstić information content (AvgIpc) is 3.04. The van der Waals surface area contributed by atoms with Gasteiger partial charge in [0.25, 0.3) is 0 Å². The van der Waals surface area contributed by atoms with E-state index in [1.165, 1.54) is 18.2 Å². The van der Waals surface area contributed by atoms with Crippen molar-refractivity contribution in [1.29, 1.82) is 0 Å². The highest BCUT2D eigenvalue weighted by molar-refractivity contribution is 7.22. The van der Waals surface area contributed by atoms with E-state index in [4.69, 9.17) is 0 Å². The smallest absolute Gasteiger partial charge is 0.406 e. The van der Waals surface area contributed by atoms with Crippen molar-refractivity contribution in [2.75, 3.05) is 18.4 Å². The normalized spacial score (nSPS) is 17.8. The Morgan fingerprint density at radius 1 is 1.43 bits per heavy atom. The van der Waals surface area contributed by atoms with Gasteiger partial charge in [0.15, 0.2) is 5.13 Å². The second-order valence-electron chi connectivity index (χ2n) is 4.88. The largest absolute Gasteiger partial charge is 0.573 e. The molecule has 5 nitrogen and oxygen atoms in total. The first-order valence-corrected chi connectivity index (χ1v) is 7.40. The van der Waals surface area contributed by atoms with Crippen LogP contribution in [-0.4, -0.2) is 30.3 Å². The SMILES string of the molecule is Cl.O=C(Nc1nc2ccc(OC(F)(F)F)cc2s1)C1CCNC1. The van der Waals surface area contributed by atoms with Gasteiger partial charge in [-0.3, -0.25) is 4.79 Å². The first kappa shape index (κ1) is 17.8. The first-order valence-electron chi connectivity index (χ1n) is 6.59. The summed E-state index contributed by atoms with van der Waals surface area (Å²) < 4.78 is 41.0. The summed E-state index contributed by atoms with van der Waals surface area (Å²) in [6.07, 6.45) is -3.97. The van der Waals surface area contributed by atoms with Crippen LogP contribution in [0, 0.1) is 5.92 Å². The molecule has 0 spiro atoms. The van der Waals surface area contributed by atoms with E-state index >= 15 is 0 Å². The molecule has 1 amide bonds. The molecule has 3 rings (SSSR count). The average molecular weight is 368 g/mol. The highest BCUT2D eigenvalue weighted by Gasteiger charge is 2.31. The maximum atomic E-state index is 12.2. The molecule has 0 aliphatic carbocycles. The summed E-state index contributed by atoms with van der Waals surface area (Å²) in [5.74, 6) is -0.534. The summed E-state index contributed by atoms with van der Waals surface area (Å²) >= 11 is 1.11. The summed E-state index contributed by atoms with van der Waals surface area (Å²) in [6.45, 7) is 1.43. The Bertz CT molecular complexity index is 701. The van der Waals surface area contributed by atoms with E-state index in [1.807, 2.05) is 0 Å². The monoisotopic (exact) mass is 367 g/mol. The van der Waals surface area contributed by atoms with E-state index < -0.39 is 6.36 Å². The van der Waals surface area contributed by atoms with Crippen LogP contribution in [-0.2, 0) is 4.79 Å². The molecule has 10 heteroatoms. The molecule has 2 aromatic rings. The van der Waals surface area contributed by atoms with Crippen molar-refractivity contribution < 1.29 is 22.7 Å². The fourth-order valence-corrected chi connectivity index (χ4v) is 3.14. The fraction of sp³-hybridized carbons (Fsp3) is 0.385. The van der Waals surface area contributed by atoms with Gasteiger partial charge in [-0.25, -0.2) is 4.98 Å². The molecule has 0 bridgehead atoms. The lowest BCUT2D eigenvalue weighted by molar-refractivity contribution is -0.274. The number of alkyl halides is 3. The van der Waals surface area contributed by atoms with Crippen LogP contribution in [0.15, 0.2) is 18.2 Å². The molecule has 0 radical (unpaired) electrons. The molecule has 1 aromatic heterocycles. The number of hydrogen-bond donors (Lipinski definition) is 2. The van der Waals surface area contributed by atoms with Gasteiger partial charge < -0.3 is 15.4 Å². The van der Waals surface area contributed by atoms with Gasteiger partial charge in [0.05, 0.1) is 16.1 Å². The van der Waals surface area contributed by atoms with Crippen LogP contribution < -0.4 is 15.4 Å². The third kappa shape index (κ3) is 4.46. The molecule has 1 fully saturated rings. The number of fused-ring (bicyclic) bond motifs is 1. The van der Waals surface area contributed by atoms with Crippen LogP contribution in [0.3, 0.4) is 0 Å². The van der Waals surface area contributed by atoms with E-state index in [9.17, 15) is 18.0 Å². The Morgan fingerprint density at radius 3 is 2.87 bits per heavy atom. The van der Waals surface area contributed by atoms with Gasteiger partial charge in [-0.15, -0.1) is 25.6 Å². The molecule has 1 saturated heterocycles. The van der Waals surface area contributed by atoms with Crippen LogP contribution >= 0.6 is 23.7 Å². The zero-order valence-electron chi connectivity index (χ0n) is 11.6. The number of halogens is 4. The predicted octanol–water partition coefficient (Wildman–Crippen LogP) is 3.16. The van der Waals surface area contributed by atoms with Crippen molar-refractivity contribution in [2.45, 2.75) is 12.8 Å². The number of anilines is 1. The third-order valence-corrected chi connectivity index (χ3v) is 4.19. The van der Waals surface area contributed by atoms with Crippen molar-refractivity contribution >= 4 is 45.0 Å². The van der Waals surface area contributed by atoms with E-state index in [1.54, 1.807) is 0 Å². The topological polar surface area (TPSA) is 63.2 Å². The van der Waals surface area contributed by atoms with E-state index in [0.29, 0.717) is 21.9 Å².